The van der Waals surface area contributed by atoms with E-state index in [1.807, 2.05) is 30.5 Å². The summed E-state index contributed by atoms with van der Waals surface area (Å²) in [5.41, 5.74) is 2.39. The highest BCUT2D eigenvalue weighted by Crippen LogP contribution is 2.27. The van der Waals surface area contributed by atoms with Gasteiger partial charge in [-0.15, -0.1) is 0 Å². The van der Waals surface area contributed by atoms with E-state index in [1.165, 1.54) is 24.2 Å². The summed E-state index contributed by atoms with van der Waals surface area (Å²) in [6.45, 7) is 8.05. The maximum atomic E-state index is 12.7. The summed E-state index contributed by atoms with van der Waals surface area (Å²) in [6, 6.07) is 6.49. The molecule has 26 heavy (non-hydrogen) atoms. The Kier molecular flexibility index (Phi) is 5.48. The molecule has 1 fully saturated rings. The van der Waals surface area contributed by atoms with Gasteiger partial charge in [0, 0.05) is 5.69 Å². The van der Waals surface area contributed by atoms with Gasteiger partial charge >= 0.3 is 0 Å². The molecule has 2 atom stereocenters. The molecule has 6 nitrogen and oxygen atoms in total. The Morgan fingerprint density at radius 1 is 1.46 bits per heavy atom. The quantitative estimate of drug-likeness (QED) is 0.861. The topological polar surface area (TPSA) is 75.4 Å². The van der Waals surface area contributed by atoms with Crippen molar-refractivity contribution < 1.29 is 14.1 Å². The average molecular weight is 355 g/mol. The second-order valence-electron chi connectivity index (χ2n) is 7.24. The Labute approximate surface area is 154 Å². The summed E-state index contributed by atoms with van der Waals surface area (Å²) in [7, 11) is 0. The Morgan fingerprint density at radius 2 is 2.27 bits per heavy atom. The van der Waals surface area contributed by atoms with Crippen LogP contribution in [0, 0.1) is 25.2 Å². The van der Waals surface area contributed by atoms with Gasteiger partial charge in [0.25, 0.3) is 5.91 Å². The maximum absolute atomic E-state index is 12.7. The summed E-state index contributed by atoms with van der Waals surface area (Å²) >= 11 is 0. The van der Waals surface area contributed by atoms with Crippen LogP contribution in [0.25, 0.3) is 0 Å². The van der Waals surface area contributed by atoms with Gasteiger partial charge < -0.3 is 19.2 Å². The molecule has 1 amide bonds. The number of furan rings is 1. The first-order chi connectivity index (χ1) is 12.5. The van der Waals surface area contributed by atoms with Gasteiger partial charge in [-0.1, -0.05) is 0 Å². The molecule has 3 rings (SSSR count). The number of nitrogens with zero attached hydrogens (tertiary/aromatic N) is 2. The highest BCUT2D eigenvalue weighted by atomic mass is 16.3. The SMILES string of the molecule is Cc1c(C#N)c(NC(=O)C[NH+]2CCCC[C@H]2C)n(Cc2ccco2)c1C. The number of aromatic nitrogens is 1. The number of hydrogen-bond acceptors (Lipinski definition) is 3. The second kappa shape index (κ2) is 7.79. The lowest BCUT2D eigenvalue weighted by Gasteiger charge is -2.29. The van der Waals surface area contributed by atoms with Gasteiger partial charge in [-0.2, -0.15) is 5.26 Å². The zero-order chi connectivity index (χ0) is 18.7. The lowest BCUT2D eigenvalue weighted by Crippen LogP contribution is -3.17. The van der Waals surface area contributed by atoms with Crippen LogP contribution in [0.5, 0.6) is 0 Å². The van der Waals surface area contributed by atoms with Crippen molar-refractivity contribution in [1.82, 2.24) is 4.57 Å². The van der Waals surface area contributed by atoms with Crippen LogP contribution in [0.2, 0.25) is 0 Å². The van der Waals surface area contributed by atoms with E-state index in [1.54, 1.807) is 6.26 Å². The first-order valence-electron chi connectivity index (χ1n) is 9.27. The number of carbonyl (C=O) groups is 1. The second-order valence-corrected chi connectivity index (χ2v) is 7.24. The summed E-state index contributed by atoms with van der Waals surface area (Å²) in [6.07, 6.45) is 5.21. The number of hydrogen-bond donors (Lipinski definition) is 2. The normalized spacial score (nSPS) is 19.9. The van der Waals surface area contributed by atoms with Crippen LogP contribution >= 0.6 is 0 Å². The number of anilines is 1. The molecular weight excluding hydrogens is 328 g/mol. The van der Waals surface area contributed by atoms with Crippen molar-refractivity contribution in [3.8, 4) is 6.07 Å². The molecule has 2 aromatic rings. The molecule has 0 aromatic carbocycles. The standard InChI is InChI=1S/C20H26N4O2/c1-14-7-4-5-9-23(14)13-19(25)22-20-18(11-21)15(2)16(3)24(20)12-17-8-6-10-26-17/h6,8,10,14H,4-5,7,9,12-13H2,1-3H3,(H,22,25)/p+1/t14-/m1/s1. The molecule has 0 saturated carbocycles. The summed E-state index contributed by atoms with van der Waals surface area (Å²) in [4.78, 5) is 14.0. The number of quaternary nitrogens is 1. The molecule has 1 saturated heterocycles. The fourth-order valence-electron chi connectivity index (χ4n) is 3.78. The van der Waals surface area contributed by atoms with Crippen LogP contribution in [0.1, 0.15) is 48.8 Å². The van der Waals surface area contributed by atoms with Crippen molar-refractivity contribution in [1.29, 1.82) is 5.26 Å². The van der Waals surface area contributed by atoms with Gasteiger partial charge in [0.05, 0.1) is 31.0 Å². The van der Waals surface area contributed by atoms with Crippen LogP contribution in [0.4, 0.5) is 5.82 Å². The van der Waals surface area contributed by atoms with E-state index in [2.05, 4.69) is 18.3 Å². The molecule has 0 bridgehead atoms. The lowest BCUT2D eigenvalue weighted by molar-refractivity contribution is -0.920. The van der Waals surface area contributed by atoms with Crippen LogP contribution < -0.4 is 10.2 Å². The first-order valence-corrected chi connectivity index (χ1v) is 9.27. The predicted octanol–water partition coefficient (Wildman–Crippen LogP) is 2.01. The molecule has 0 spiro atoms. The molecule has 0 radical (unpaired) electrons. The summed E-state index contributed by atoms with van der Waals surface area (Å²) in [5.74, 6) is 1.33. The van der Waals surface area contributed by atoms with Crippen molar-refractivity contribution >= 4 is 11.7 Å². The van der Waals surface area contributed by atoms with E-state index >= 15 is 0 Å². The Bertz CT molecular complexity index is 814. The average Bonchev–Trinajstić information content (AvgIpc) is 3.20. The number of nitrogens with one attached hydrogen (secondary N) is 2. The van der Waals surface area contributed by atoms with Crippen molar-refractivity contribution in [2.75, 3.05) is 18.4 Å². The predicted molar refractivity (Wildman–Crippen MR) is 99.1 cm³/mol. The third-order valence-electron chi connectivity index (χ3n) is 5.56. The van der Waals surface area contributed by atoms with Crippen LogP contribution in [-0.4, -0.2) is 29.6 Å². The van der Waals surface area contributed by atoms with E-state index in [0.29, 0.717) is 30.5 Å². The van der Waals surface area contributed by atoms with E-state index in [0.717, 1.165) is 23.6 Å². The van der Waals surface area contributed by atoms with Gasteiger partial charge in [-0.25, -0.2) is 0 Å². The summed E-state index contributed by atoms with van der Waals surface area (Å²) < 4.78 is 7.41. The van der Waals surface area contributed by atoms with Gasteiger partial charge in [-0.05, 0) is 57.7 Å². The van der Waals surface area contributed by atoms with Gasteiger partial charge in [0.2, 0.25) is 0 Å². The van der Waals surface area contributed by atoms with Crippen molar-refractivity contribution in [3.63, 3.8) is 0 Å². The minimum Gasteiger partial charge on any atom is -0.467 e. The lowest BCUT2D eigenvalue weighted by atomic mass is 10.0. The van der Waals surface area contributed by atoms with E-state index < -0.39 is 0 Å². The minimum atomic E-state index is -0.0385. The fourth-order valence-corrected chi connectivity index (χ4v) is 3.78. The maximum Gasteiger partial charge on any atom is 0.280 e. The molecule has 3 heterocycles. The number of likely N-dealkylation sites (tertiary alicyclic amines) is 1. The minimum absolute atomic E-state index is 0.0385. The molecule has 2 aromatic heterocycles. The van der Waals surface area contributed by atoms with Crippen LogP contribution in [-0.2, 0) is 11.3 Å². The molecule has 1 aliphatic heterocycles. The van der Waals surface area contributed by atoms with E-state index in [-0.39, 0.29) is 5.91 Å². The van der Waals surface area contributed by atoms with Crippen LogP contribution in [0.3, 0.4) is 0 Å². The third-order valence-corrected chi connectivity index (χ3v) is 5.56. The van der Waals surface area contributed by atoms with E-state index in [4.69, 9.17) is 4.42 Å². The number of rotatable bonds is 5. The molecule has 2 N–H and O–H groups in total. The van der Waals surface area contributed by atoms with E-state index in [9.17, 15) is 10.1 Å². The molecule has 0 aliphatic carbocycles. The largest absolute Gasteiger partial charge is 0.467 e. The first kappa shape index (κ1) is 18.3. The Morgan fingerprint density at radius 3 is 2.92 bits per heavy atom. The highest BCUT2D eigenvalue weighted by molar-refractivity contribution is 5.92. The van der Waals surface area contributed by atoms with Gasteiger partial charge in [-0.3, -0.25) is 4.79 Å². The van der Waals surface area contributed by atoms with Crippen LogP contribution in [0.15, 0.2) is 22.8 Å². The molecular formula is C20H27N4O2+. The monoisotopic (exact) mass is 355 g/mol. The highest BCUT2D eigenvalue weighted by Gasteiger charge is 2.26. The van der Waals surface area contributed by atoms with Crippen molar-refractivity contribution in [2.45, 2.75) is 52.6 Å². The Balaban J connectivity index is 1.82. The molecule has 1 aliphatic rings. The number of piperidine rings is 1. The van der Waals surface area contributed by atoms with Gasteiger partial charge in [0.15, 0.2) is 6.54 Å². The van der Waals surface area contributed by atoms with Gasteiger partial charge in [0.1, 0.15) is 17.6 Å². The zero-order valence-corrected chi connectivity index (χ0v) is 15.8. The zero-order valence-electron chi connectivity index (χ0n) is 15.8. The summed E-state index contributed by atoms with van der Waals surface area (Å²) in [5, 5.41) is 12.6. The number of amides is 1. The third kappa shape index (κ3) is 3.68. The fraction of sp³-hybridized carbons (Fsp3) is 0.500. The smallest absolute Gasteiger partial charge is 0.280 e. The number of nitriles is 1. The van der Waals surface area contributed by atoms with Crippen molar-refractivity contribution in [3.05, 3.63) is 41.0 Å². The van der Waals surface area contributed by atoms with Crippen molar-refractivity contribution in [2.24, 2.45) is 0 Å². The molecule has 1 unspecified atom stereocenters. The Hall–Kier alpha value is -2.52. The number of carbonyl (C=O) groups excluding carboxylic acids is 1. The molecule has 138 valence electrons. The molecule has 6 heteroatoms.